The molecule has 84 valence electrons. The molecule has 1 N–H and O–H groups in total. The number of sulfonamides is 1. The minimum Gasteiger partial charge on any atom is -0.316 e. The van der Waals surface area contributed by atoms with Gasteiger partial charge in [-0.05, 0) is 18.7 Å². The van der Waals surface area contributed by atoms with Gasteiger partial charge in [-0.1, -0.05) is 18.2 Å². The Kier molecular flexibility index (Phi) is 3.84. The van der Waals surface area contributed by atoms with Crippen molar-refractivity contribution in [3.63, 3.8) is 0 Å². The van der Waals surface area contributed by atoms with Crippen LogP contribution < -0.4 is 5.32 Å². The topological polar surface area (TPSA) is 49.4 Å². The van der Waals surface area contributed by atoms with Crippen molar-refractivity contribution in [3.05, 3.63) is 29.8 Å². The number of rotatable bonds is 4. The summed E-state index contributed by atoms with van der Waals surface area (Å²) in [6, 6.07) is 7.01. The van der Waals surface area contributed by atoms with Crippen LogP contribution in [0.2, 0.25) is 0 Å². The number of hydrogen-bond donors (Lipinski definition) is 1. The van der Waals surface area contributed by atoms with Crippen molar-refractivity contribution >= 4 is 10.0 Å². The molecule has 0 spiro atoms. The van der Waals surface area contributed by atoms with Crippen molar-refractivity contribution in [3.8, 4) is 0 Å². The third kappa shape index (κ3) is 2.56. The monoisotopic (exact) mass is 228 g/mol. The lowest BCUT2D eigenvalue weighted by Gasteiger charge is -2.14. The molecule has 0 aliphatic carbocycles. The molecule has 0 fully saturated rings. The summed E-state index contributed by atoms with van der Waals surface area (Å²) in [5, 5.41) is 2.95. The summed E-state index contributed by atoms with van der Waals surface area (Å²) in [6.07, 6.45) is 0. The van der Waals surface area contributed by atoms with E-state index in [1.807, 2.05) is 12.1 Å². The Morgan fingerprint density at radius 1 is 1.27 bits per heavy atom. The minimum absolute atomic E-state index is 0.365. The Bertz CT molecular complexity index is 427. The zero-order valence-electron chi connectivity index (χ0n) is 9.19. The minimum atomic E-state index is -3.34. The fraction of sp³-hybridized carbons (Fsp3) is 0.400. The molecule has 0 unspecified atom stereocenters. The average Bonchev–Trinajstić information content (AvgIpc) is 2.18. The SMILES string of the molecule is CNCc1ccccc1S(=O)(=O)N(C)C. The summed E-state index contributed by atoms with van der Waals surface area (Å²) < 4.78 is 25.1. The van der Waals surface area contributed by atoms with E-state index in [9.17, 15) is 8.42 Å². The number of hydrogen-bond acceptors (Lipinski definition) is 3. The van der Waals surface area contributed by atoms with Crippen LogP contribution >= 0.6 is 0 Å². The van der Waals surface area contributed by atoms with E-state index >= 15 is 0 Å². The molecule has 1 rings (SSSR count). The number of benzene rings is 1. The van der Waals surface area contributed by atoms with Gasteiger partial charge in [0, 0.05) is 20.6 Å². The zero-order valence-corrected chi connectivity index (χ0v) is 10.0. The van der Waals surface area contributed by atoms with E-state index in [0.717, 1.165) is 5.56 Å². The van der Waals surface area contributed by atoms with Gasteiger partial charge in [0.05, 0.1) is 4.90 Å². The molecule has 0 saturated carbocycles. The van der Waals surface area contributed by atoms with Crippen molar-refractivity contribution in [1.82, 2.24) is 9.62 Å². The van der Waals surface area contributed by atoms with E-state index in [-0.39, 0.29) is 0 Å². The predicted molar refractivity (Wildman–Crippen MR) is 60.1 cm³/mol. The molecular weight excluding hydrogens is 212 g/mol. The highest BCUT2D eigenvalue weighted by atomic mass is 32.2. The molecule has 1 aromatic rings. The Hall–Kier alpha value is -0.910. The second-order valence-corrected chi connectivity index (χ2v) is 5.55. The van der Waals surface area contributed by atoms with E-state index in [1.165, 1.54) is 18.4 Å². The maximum absolute atomic E-state index is 11.9. The Morgan fingerprint density at radius 3 is 2.40 bits per heavy atom. The van der Waals surface area contributed by atoms with Crippen molar-refractivity contribution in [2.24, 2.45) is 0 Å². The lowest BCUT2D eigenvalue weighted by molar-refractivity contribution is 0.519. The zero-order chi connectivity index (χ0) is 11.5. The van der Waals surface area contributed by atoms with Crippen molar-refractivity contribution in [2.75, 3.05) is 21.1 Å². The molecule has 0 aliphatic heterocycles. The van der Waals surface area contributed by atoms with E-state index in [0.29, 0.717) is 11.4 Å². The quantitative estimate of drug-likeness (QED) is 0.823. The van der Waals surface area contributed by atoms with Crippen LogP contribution in [-0.2, 0) is 16.6 Å². The second kappa shape index (κ2) is 4.74. The van der Waals surface area contributed by atoms with Gasteiger partial charge < -0.3 is 5.32 Å². The molecule has 0 atom stereocenters. The maximum atomic E-state index is 11.9. The molecule has 0 aromatic heterocycles. The van der Waals surface area contributed by atoms with Crippen molar-refractivity contribution < 1.29 is 8.42 Å². The molecular formula is C10H16N2O2S. The van der Waals surface area contributed by atoms with Gasteiger partial charge in [0.25, 0.3) is 0 Å². The first-order chi connectivity index (χ1) is 7.00. The summed E-state index contributed by atoms with van der Waals surface area (Å²) >= 11 is 0. The van der Waals surface area contributed by atoms with Crippen LogP contribution in [0.25, 0.3) is 0 Å². The van der Waals surface area contributed by atoms with Crippen molar-refractivity contribution in [1.29, 1.82) is 0 Å². The molecule has 1 aromatic carbocycles. The summed E-state index contributed by atoms with van der Waals surface area (Å²) in [4.78, 5) is 0.365. The maximum Gasteiger partial charge on any atom is 0.242 e. The van der Waals surface area contributed by atoms with Crippen molar-refractivity contribution in [2.45, 2.75) is 11.4 Å². The first kappa shape index (κ1) is 12.2. The second-order valence-electron chi connectivity index (χ2n) is 3.43. The highest BCUT2D eigenvalue weighted by molar-refractivity contribution is 7.89. The fourth-order valence-electron chi connectivity index (χ4n) is 1.29. The normalized spacial score (nSPS) is 12.0. The van der Waals surface area contributed by atoms with Crippen LogP contribution in [0.1, 0.15) is 5.56 Å². The Morgan fingerprint density at radius 2 is 1.87 bits per heavy atom. The van der Waals surface area contributed by atoms with Crippen LogP contribution in [0, 0.1) is 0 Å². The van der Waals surface area contributed by atoms with E-state index in [2.05, 4.69) is 5.32 Å². The van der Waals surface area contributed by atoms with Crippen LogP contribution in [-0.4, -0.2) is 33.9 Å². The molecule has 0 bridgehead atoms. The first-order valence-corrected chi connectivity index (χ1v) is 6.09. The Balaban J connectivity index is 3.25. The van der Waals surface area contributed by atoms with Crippen LogP contribution in [0.4, 0.5) is 0 Å². The summed E-state index contributed by atoms with van der Waals surface area (Å²) in [6.45, 7) is 0.545. The molecule has 5 heteroatoms. The van der Waals surface area contributed by atoms with Gasteiger partial charge in [0.15, 0.2) is 0 Å². The smallest absolute Gasteiger partial charge is 0.242 e. The van der Waals surface area contributed by atoms with Gasteiger partial charge in [-0.25, -0.2) is 12.7 Å². The molecule has 0 radical (unpaired) electrons. The third-order valence-electron chi connectivity index (χ3n) is 2.10. The largest absolute Gasteiger partial charge is 0.316 e. The van der Waals surface area contributed by atoms with E-state index in [1.54, 1.807) is 19.2 Å². The van der Waals surface area contributed by atoms with E-state index < -0.39 is 10.0 Å². The van der Waals surface area contributed by atoms with E-state index in [4.69, 9.17) is 0 Å². The highest BCUT2D eigenvalue weighted by Gasteiger charge is 2.19. The molecule has 0 aliphatic rings. The molecule has 0 heterocycles. The number of nitrogens with one attached hydrogen (secondary N) is 1. The average molecular weight is 228 g/mol. The van der Waals surface area contributed by atoms with Gasteiger partial charge >= 0.3 is 0 Å². The van der Waals surface area contributed by atoms with Gasteiger partial charge in [-0.2, -0.15) is 0 Å². The fourth-order valence-corrected chi connectivity index (χ4v) is 2.40. The molecule has 0 amide bonds. The summed E-state index contributed by atoms with van der Waals surface area (Å²) in [5.41, 5.74) is 0.786. The molecule has 15 heavy (non-hydrogen) atoms. The van der Waals surface area contributed by atoms with Gasteiger partial charge in [-0.3, -0.25) is 0 Å². The van der Waals surface area contributed by atoms with Crippen LogP contribution in [0.5, 0.6) is 0 Å². The third-order valence-corrected chi connectivity index (χ3v) is 4.01. The number of nitrogens with zero attached hydrogens (tertiary/aromatic N) is 1. The first-order valence-electron chi connectivity index (χ1n) is 4.65. The standard InChI is InChI=1S/C10H16N2O2S/c1-11-8-9-6-4-5-7-10(9)15(13,14)12(2)3/h4-7,11H,8H2,1-3H3. The Labute approximate surface area is 91.0 Å². The molecule has 4 nitrogen and oxygen atoms in total. The summed E-state index contributed by atoms with van der Waals surface area (Å²) in [5.74, 6) is 0. The van der Waals surface area contributed by atoms with Gasteiger partial charge in [0.1, 0.15) is 0 Å². The van der Waals surface area contributed by atoms with Crippen LogP contribution in [0.3, 0.4) is 0 Å². The predicted octanol–water partition coefficient (Wildman–Crippen LogP) is 0.656. The summed E-state index contributed by atoms with van der Waals surface area (Å²) in [7, 11) is 1.52. The highest BCUT2D eigenvalue weighted by Crippen LogP contribution is 2.17. The van der Waals surface area contributed by atoms with Gasteiger partial charge in [0.2, 0.25) is 10.0 Å². The molecule has 0 saturated heterocycles. The lowest BCUT2D eigenvalue weighted by atomic mass is 10.2. The lowest BCUT2D eigenvalue weighted by Crippen LogP contribution is -2.24. The van der Waals surface area contributed by atoms with Crippen LogP contribution in [0.15, 0.2) is 29.2 Å². The van der Waals surface area contributed by atoms with Gasteiger partial charge in [-0.15, -0.1) is 0 Å².